The summed E-state index contributed by atoms with van der Waals surface area (Å²) < 4.78 is 13.5. The van der Waals surface area contributed by atoms with Gasteiger partial charge in [0, 0.05) is 11.6 Å². The fourth-order valence-corrected chi connectivity index (χ4v) is 2.09. The summed E-state index contributed by atoms with van der Waals surface area (Å²) in [5.74, 6) is 0.360. The first kappa shape index (κ1) is 13.5. The zero-order chi connectivity index (χ0) is 12.1. The van der Waals surface area contributed by atoms with Crippen molar-refractivity contribution in [2.24, 2.45) is 11.8 Å². The quantitative estimate of drug-likeness (QED) is 0.838. The van der Waals surface area contributed by atoms with E-state index in [0.29, 0.717) is 22.9 Å². The van der Waals surface area contributed by atoms with Gasteiger partial charge in [0.15, 0.2) is 0 Å². The van der Waals surface area contributed by atoms with Crippen molar-refractivity contribution < 1.29 is 9.50 Å². The van der Waals surface area contributed by atoms with E-state index < -0.39 is 0 Å². The van der Waals surface area contributed by atoms with Crippen molar-refractivity contribution in [3.05, 3.63) is 34.6 Å². The largest absolute Gasteiger partial charge is 0.396 e. The van der Waals surface area contributed by atoms with Crippen LogP contribution in [0.5, 0.6) is 0 Å². The summed E-state index contributed by atoms with van der Waals surface area (Å²) in [6.07, 6.45) is 1.43. The molecule has 1 N–H and O–H groups in total. The zero-order valence-corrected chi connectivity index (χ0v) is 10.5. The third-order valence-corrected chi connectivity index (χ3v) is 2.81. The highest BCUT2D eigenvalue weighted by Gasteiger charge is 2.13. The second-order valence-corrected chi connectivity index (χ2v) is 5.05. The molecule has 1 unspecified atom stereocenters. The fourth-order valence-electron chi connectivity index (χ4n) is 1.90. The average Bonchev–Trinajstić information content (AvgIpc) is 2.21. The van der Waals surface area contributed by atoms with Crippen LogP contribution in [0.15, 0.2) is 18.2 Å². The summed E-state index contributed by atoms with van der Waals surface area (Å²) in [5, 5.41) is 9.78. The third kappa shape index (κ3) is 4.11. The van der Waals surface area contributed by atoms with E-state index in [2.05, 4.69) is 13.8 Å². The molecule has 0 spiro atoms. The summed E-state index contributed by atoms with van der Waals surface area (Å²) >= 11 is 5.82. The van der Waals surface area contributed by atoms with E-state index in [9.17, 15) is 9.50 Å². The number of aliphatic hydroxyl groups is 1. The molecule has 0 aliphatic heterocycles. The third-order valence-electron chi connectivity index (χ3n) is 2.58. The molecule has 0 aliphatic carbocycles. The topological polar surface area (TPSA) is 20.2 Å². The van der Waals surface area contributed by atoms with Gasteiger partial charge in [0.05, 0.1) is 0 Å². The molecular formula is C13H18ClFO. The Labute approximate surface area is 101 Å². The maximum absolute atomic E-state index is 13.5. The van der Waals surface area contributed by atoms with Gasteiger partial charge >= 0.3 is 0 Å². The van der Waals surface area contributed by atoms with Crippen LogP contribution in [0.4, 0.5) is 4.39 Å². The molecule has 1 aromatic rings. The van der Waals surface area contributed by atoms with Gasteiger partial charge in [0.25, 0.3) is 0 Å². The number of rotatable bonds is 5. The van der Waals surface area contributed by atoms with E-state index in [4.69, 9.17) is 11.6 Å². The van der Waals surface area contributed by atoms with E-state index in [0.717, 1.165) is 6.42 Å². The molecule has 0 radical (unpaired) electrons. The van der Waals surface area contributed by atoms with Crippen molar-refractivity contribution in [2.75, 3.05) is 6.61 Å². The molecule has 0 aromatic heterocycles. The van der Waals surface area contributed by atoms with Crippen LogP contribution in [-0.4, -0.2) is 11.7 Å². The first-order valence-electron chi connectivity index (χ1n) is 5.57. The minimum atomic E-state index is -0.244. The van der Waals surface area contributed by atoms with Gasteiger partial charge in [0.1, 0.15) is 5.82 Å². The van der Waals surface area contributed by atoms with Crippen LogP contribution in [0.3, 0.4) is 0 Å². The second kappa shape index (κ2) is 6.21. The van der Waals surface area contributed by atoms with Crippen LogP contribution < -0.4 is 0 Å². The Morgan fingerprint density at radius 3 is 2.62 bits per heavy atom. The summed E-state index contributed by atoms with van der Waals surface area (Å²) in [7, 11) is 0. The Bertz CT molecular complexity index is 339. The first-order chi connectivity index (χ1) is 7.52. The molecule has 0 heterocycles. The monoisotopic (exact) mass is 244 g/mol. The van der Waals surface area contributed by atoms with Crippen LogP contribution in [0.25, 0.3) is 0 Å². The molecule has 0 bridgehead atoms. The van der Waals surface area contributed by atoms with Crippen LogP contribution >= 0.6 is 11.6 Å². The Morgan fingerprint density at radius 2 is 2.06 bits per heavy atom. The number of benzene rings is 1. The van der Waals surface area contributed by atoms with Crippen molar-refractivity contribution >= 4 is 11.6 Å². The predicted molar refractivity (Wildman–Crippen MR) is 65.1 cm³/mol. The van der Waals surface area contributed by atoms with E-state index in [-0.39, 0.29) is 18.3 Å². The van der Waals surface area contributed by atoms with Crippen LogP contribution in [-0.2, 0) is 6.42 Å². The number of aliphatic hydroxyl groups excluding tert-OH is 1. The molecule has 16 heavy (non-hydrogen) atoms. The lowest BCUT2D eigenvalue weighted by Gasteiger charge is -2.16. The SMILES string of the molecule is CC(C)CC(CO)Cc1cc(Cl)ccc1F. The Hall–Kier alpha value is -0.600. The van der Waals surface area contributed by atoms with Gasteiger partial charge in [-0.1, -0.05) is 25.4 Å². The highest BCUT2D eigenvalue weighted by molar-refractivity contribution is 6.30. The predicted octanol–water partition coefficient (Wildman–Crippen LogP) is 3.68. The van der Waals surface area contributed by atoms with Gasteiger partial charge in [-0.15, -0.1) is 0 Å². The van der Waals surface area contributed by atoms with Crippen LogP contribution in [0.2, 0.25) is 5.02 Å². The Morgan fingerprint density at radius 1 is 1.38 bits per heavy atom. The molecule has 1 nitrogen and oxygen atoms in total. The lowest BCUT2D eigenvalue weighted by Crippen LogP contribution is -2.13. The normalized spacial score (nSPS) is 13.1. The van der Waals surface area contributed by atoms with Gasteiger partial charge in [-0.2, -0.15) is 0 Å². The smallest absolute Gasteiger partial charge is 0.126 e. The summed E-state index contributed by atoms with van der Waals surface area (Å²) in [6, 6.07) is 4.55. The minimum absolute atomic E-state index is 0.0874. The molecular weight excluding hydrogens is 227 g/mol. The number of hydrogen-bond donors (Lipinski definition) is 1. The molecule has 1 rings (SSSR count). The van der Waals surface area contributed by atoms with Gasteiger partial charge in [-0.05, 0) is 48.4 Å². The van der Waals surface area contributed by atoms with E-state index in [1.165, 1.54) is 12.1 Å². The maximum atomic E-state index is 13.5. The van der Waals surface area contributed by atoms with Crippen molar-refractivity contribution in [1.29, 1.82) is 0 Å². The standard InChI is InChI=1S/C13H18ClFO/c1-9(2)5-10(8-16)6-11-7-12(14)3-4-13(11)15/h3-4,7,9-10,16H,5-6,8H2,1-2H3. The van der Waals surface area contributed by atoms with E-state index >= 15 is 0 Å². The van der Waals surface area contributed by atoms with Gasteiger partial charge < -0.3 is 5.11 Å². The summed E-state index contributed by atoms with van der Waals surface area (Å²) in [5.41, 5.74) is 0.590. The maximum Gasteiger partial charge on any atom is 0.126 e. The zero-order valence-electron chi connectivity index (χ0n) is 9.71. The molecule has 1 atom stereocenters. The first-order valence-corrected chi connectivity index (χ1v) is 5.95. The molecule has 3 heteroatoms. The lowest BCUT2D eigenvalue weighted by atomic mass is 9.91. The molecule has 0 aliphatic rings. The van der Waals surface area contributed by atoms with Crippen LogP contribution in [0.1, 0.15) is 25.8 Å². The minimum Gasteiger partial charge on any atom is -0.396 e. The lowest BCUT2D eigenvalue weighted by molar-refractivity contribution is 0.204. The molecule has 0 saturated heterocycles. The van der Waals surface area contributed by atoms with Gasteiger partial charge in [-0.25, -0.2) is 4.39 Å². The second-order valence-electron chi connectivity index (χ2n) is 4.62. The molecule has 1 aromatic carbocycles. The van der Waals surface area contributed by atoms with Gasteiger partial charge in [-0.3, -0.25) is 0 Å². The van der Waals surface area contributed by atoms with Crippen molar-refractivity contribution in [3.63, 3.8) is 0 Å². The van der Waals surface area contributed by atoms with E-state index in [1.807, 2.05) is 0 Å². The van der Waals surface area contributed by atoms with Crippen LogP contribution in [0, 0.1) is 17.7 Å². The fraction of sp³-hybridized carbons (Fsp3) is 0.538. The van der Waals surface area contributed by atoms with E-state index in [1.54, 1.807) is 6.07 Å². The van der Waals surface area contributed by atoms with Crippen molar-refractivity contribution in [3.8, 4) is 0 Å². The van der Waals surface area contributed by atoms with Gasteiger partial charge in [0.2, 0.25) is 0 Å². The molecule has 0 amide bonds. The Balaban J connectivity index is 2.73. The summed E-state index contributed by atoms with van der Waals surface area (Å²) in [4.78, 5) is 0. The summed E-state index contributed by atoms with van der Waals surface area (Å²) in [6.45, 7) is 4.28. The highest BCUT2D eigenvalue weighted by Crippen LogP contribution is 2.21. The average molecular weight is 245 g/mol. The molecule has 90 valence electrons. The highest BCUT2D eigenvalue weighted by atomic mass is 35.5. The molecule has 0 fully saturated rings. The van der Waals surface area contributed by atoms with Crippen molar-refractivity contribution in [1.82, 2.24) is 0 Å². The molecule has 0 saturated carbocycles. The number of hydrogen-bond acceptors (Lipinski definition) is 1. The van der Waals surface area contributed by atoms with Crippen molar-refractivity contribution in [2.45, 2.75) is 26.7 Å². The number of halogens is 2. The Kier molecular flexibility index (Phi) is 5.23.